The Morgan fingerprint density at radius 2 is 0.740 bits per heavy atom. The fraction of sp³-hybridized carbons (Fsp3) is 0.431. The predicted molar refractivity (Wildman–Crippen MR) is 303 cm³/mol. The summed E-state index contributed by atoms with van der Waals surface area (Å²) < 4.78 is 45.2. The third kappa shape index (κ3) is 12.1. The fourth-order valence-electron chi connectivity index (χ4n) is 9.98. The number of hydrogen-bond acceptors (Lipinski definition) is 6. The van der Waals surface area contributed by atoms with Crippen molar-refractivity contribution >= 4 is 29.0 Å². The summed E-state index contributed by atoms with van der Waals surface area (Å²) in [6.45, 7) is 30.5. The van der Waals surface area contributed by atoms with Gasteiger partial charge in [0.2, 0.25) is 0 Å². The molecule has 0 atom stereocenters. The molecule has 0 aliphatic heterocycles. The van der Waals surface area contributed by atoms with E-state index in [0.29, 0.717) is 79.6 Å². The highest BCUT2D eigenvalue weighted by Crippen LogP contribution is 2.50. The van der Waals surface area contributed by atoms with E-state index in [1.54, 1.807) is 6.07 Å². The van der Waals surface area contributed by atoms with Gasteiger partial charge in [0.25, 0.3) is 0 Å². The Bertz CT molecular complexity index is 2910. The Morgan fingerprint density at radius 3 is 1.03 bits per heavy atom. The van der Waals surface area contributed by atoms with Crippen molar-refractivity contribution < 1.29 is 33.4 Å². The Morgan fingerprint density at radius 1 is 0.452 bits per heavy atom. The van der Waals surface area contributed by atoms with Crippen LogP contribution in [-0.2, 0) is 46.5 Å². The summed E-state index contributed by atoms with van der Waals surface area (Å²) in [6, 6.07) is 34.3. The first-order valence-electron chi connectivity index (χ1n) is 26.8. The molecule has 0 heterocycles. The summed E-state index contributed by atoms with van der Waals surface area (Å²) in [6.07, 6.45) is 4.65. The van der Waals surface area contributed by atoms with Crippen LogP contribution in [0.5, 0.6) is 23.0 Å². The fourth-order valence-corrected chi connectivity index (χ4v) is 13.0. The first-order valence-corrected chi connectivity index (χ1v) is 28.5. The quantitative estimate of drug-likeness (QED) is 0.0964. The van der Waals surface area contributed by atoms with Crippen molar-refractivity contribution in [2.24, 2.45) is 0 Å². The smallest absolute Gasteiger partial charge is 0.336 e. The van der Waals surface area contributed by atoms with Gasteiger partial charge in [0.1, 0.15) is 23.0 Å². The molecule has 0 aromatic heterocycles. The molecule has 6 aromatic rings. The standard InChI is InChI=1S/C65H81O7P/c1-14-28-69-57-43-32-44-36-51(64(8,9)10)39-47(58(44)70-29-15-2)34-48-42-56(62(66)67)61(73(68,53-24-20-18-21-25-53)54-26-22-19-23-27-54)55(60(48)72-31-17-4)41-49-40-52(65(11,12)13)38-46(59(49)71-30-16-3)33-45(57)37-50(35-43)63(5,6)7/h18-27,35-40,42H,14-17,28-34,41H2,1-13H3,(H,66,67). The van der Waals surface area contributed by atoms with Gasteiger partial charge < -0.3 is 28.6 Å². The van der Waals surface area contributed by atoms with Crippen LogP contribution in [0.15, 0.2) is 103 Å². The molecule has 0 unspecified atom stereocenters. The summed E-state index contributed by atoms with van der Waals surface area (Å²) in [5.41, 5.74) is 9.99. The predicted octanol–water partition coefficient (Wildman–Crippen LogP) is 14.7. The van der Waals surface area contributed by atoms with Crippen LogP contribution in [0.3, 0.4) is 0 Å². The van der Waals surface area contributed by atoms with E-state index in [9.17, 15) is 9.90 Å². The molecule has 1 aliphatic rings. The summed E-state index contributed by atoms with van der Waals surface area (Å²) in [4.78, 5) is 14.4. The van der Waals surface area contributed by atoms with Crippen molar-refractivity contribution in [2.75, 3.05) is 26.4 Å². The van der Waals surface area contributed by atoms with Crippen molar-refractivity contribution in [3.63, 3.8) is 0 Å². The molecule has 0 spiro atoms. The lowest BCUT2D eigenvalue weighted by Gasteiger charge is -2.30. The SMILES string of the molecule is CCCOc1c2cc(C(C)(C)C)cc1Cc1cc(C(C)(C)C)cc(c1OCCC)Cc1c(OCCC)c(cc(C(=O)O)c1P(=O)(c1ccccc1)c1ccccc1)Cc1cc(C(C)(C)C)cc(c1OCCC)C2. The van der Waals surface area contributed by atoms with E-state index >= 15 is 4.57 Å². The molecule has 0 fully saturated rings. The lowest BCUT2D eigenvalue weighted by atomic mass is 9.80. The summed E-state index contributed by atoms with van der Waals surface area (Å²) in [7, 11) is -3.99. The van der Waals surface area contributed by atoms with Crippen LogP contribution in [0.25, 0.3) is 0 Å². The Labute approximate surface area is 437 Å². The van der Waals surface area contributed by atoms with Crippen LogP contribution in [0, 0.1) is 0 Å². The van der Waals surface area contributed by atoms with Gasteiger partial charge in [-0.3, -0.25) is 0 Å². The zero-order valence-electron chi connectivity index (χ0n) is 46.1. The molecule has 7 rings (SSSR count). The molecular weight excluding hydrogens is 924 g/mol. The number of hydrogen-bond donors (Lipinski definition) is 1. The highest BCUT2D eigenvalue weighted by molar-refractivity contribution is 7.85. The lowest BCUT2D eigenvalue weighted by molar-refractivity contribution is 0.0698. The van der Waals surface area contributed by atoms with E-state index in [2.05, 4.69) is 126 Å². The van der Waals surface area contributed by atoms with Crippen LogP contribution in [-0.4, -0.2) is 37.5 Å². The average molecular weight is 1010 g/mol. The van der Waals surface area contributed by atoms with Gasteiger partial charge in [-0.15, -0.1) is 0 Å². The van der Waals surface area contributed by atoms with E-state index in [1.807, 2.05) is 60.7 Å². The van der Waals surface area contributed by atoms with Gasteiger partial charge in [0.15, 0.2) is 7.14 Å². The minimum Gasteiger partial charge on any atom is -0.493 e. The first kappa shape index (κ1) is 55.0. The van der Waals surface area contributed by atoms with Gasteiger partial charge in [-0.25, -0.2) is 4.79 Å². The van der Waals surface area contributed by atoms with E-state index in [4.69, 9.17) is 18.9 Å². The van der Waals surface area contributed by atoms with Crippen LogP contribution in [0.1, 0.15) is 187 Å². The second-order valence-electron chi connectivity index (χ2n) is 23.0. The van der Waals surface area contributed by atoms with Crippen LogP contribution < -0.4 is 34.9 Å². The number of carbonyl (C=O) groups is 1. The van der Waals surface area contributed by atoms with Gasteiger partial charge in [-0.2, -0.15) is 0 Å². The number of rotatable bonds is 16. The van der Waals surface area contributed by atoms with Crippen LogP contribution >= 0.6 is 7.14 Å². The second-order valence-corrected chi connectivity index (χ2v) is 25.7. The molecule has 1 aliphatic carbocycles. The zero-order valence-corrected chi connectivity index (χ0v) is 47.0. The third-order valence-electron chi connectivity index (χ3n) is 13.8. The van der Waals surface area contributed by atoms with Crippen molar-refractivity contribution in [3.8, 4) is 23.0 Å². The second kappa shape index (κ2) is 22.8. The van der Waals surface area contributed by atoms with E-state index in [0.717, 1.165) is 81.0 Å². The Hall–Kier alpha value is -5.78. The highest BCUT2D eigenvalue weighted by atomic mass is 31.2. The van der Waals surface area contributed by atoms with Gasteiger partial charge >= 0.3 is 5.97 Å². The molecule has 388 valence electrons. The molecule has 0 saturated heterocycles. The summed E-state index contributed by atoms with van der Waals surface area (Å²) in [5.74, 6) is 1.79. The topological polar surface area (TPSA) is 91.3 Å². The molecule has 0 radical (unpaired) electrons. The number of ether oxygens (including phenoxy) is 4. The summed E-state index contributed by atoms with van der Waals surface area (Å²) >= 11 is 0. The lowest BCUT2D eigenvalue weighted by Crippen LogP contribution is -2.33. The van der Waals surface area contributed by atoms with Crippen molar-refractivity contribution in [1.82, 2.24) is 0 Å². The van der Waals surface area contributed by atoms with Gasteiger partial charge in [-0.05, 0) is 104 Å². The maximum atomic E-state index is 17.1. The molecule has 0 saturated carbocycles. The number of benzene rings is 6. The maximum absolute atomic E-state index is 17.1. The maximum Gasteiger partial charge on any atom is 0.336 e. The normalized spacial score (nSPS) is 13.1. The molecule has 7 nitrogen and oxygen atoms in total. The van der Waals surface area contributed by atoms with Gasteiger partial charge in [0.05, 0.1) is 32.0 Å². The molecular formula is C65H81O7P. The zero-order chi connectivity index (χ0) is 52.9. The van der Waals surface area contributed by atoms with E-state index < -0.39 is 13.1 Å². The van der Waals surface area contributed by atoms with Crippen molar-refractivity contribution in [3.05, 3.63) is 170 Å². The number of aromatic carboxylic acids is 1. The Kier molecular flexibility index (Phi) is 17.2. The van der Waals surface area contributed by atoms with E-state index in [1.165, 1.54) is 5.56 Å². The van der Waals surface area contributed by atoms with Crippen molar-refractivity contribution in [2.45, 2.75) is 158 Å². The minimum atomic E-state index is -3.99. The van der Waals surface area contributed by atoms with Gasteiger partial charge in [0, 0.05) is 47.2 Å². The minimum absolute atomic E-state index is 0.0140. The largest absolute Gasteiger partial charge is 0.493 e. The molecule has 73 heavy (non-hydrogen) atoms. The number of carboxylic acid groups (broad SMARTS) is 1. The molecule has 1 N–H and O–H groups in total. The Balaban J connectivity index is 1.75. The van der Waals surface area contributed by atoms with Gasteiger partial charge in [-0.1, -0.05) is 187 Å². The average Bonchev–Trinajstić information content (AvgIpc) is 3.34. The highest BCUT2D eigenvalue weighted by Gasteiger charge is 2.40. The molecule has 6 aromatic carbocycles. The first-order chi connectivity index (χ1) is 34.6. The third-order valence-corrected chi connectivity index (χ3v) is 17.0. The molecule has 8 heteroatoms. The van der Waals surface area contributed by atoms with Crippen molar-refractivity contribution in [1.29, 1.82) is 0 Å². The van der Waals surface area contributed by atoms with Crippen LogP contribution in [0.4, 0.5) is 0 Å². The van der Waals surface area contributed by atoms with Crippen LogP contribution in [0.2, 0.25) is 0 Å². The molecule has 8 bridgehead atoms. The summed E-state index contributed by atoms with van der Waals surface area (Å²) in [5, 5.41) is 13.1. The monoisotopic (exact) mass is 1000 g/mol. The molecule has 0 amide bonds. The number of fused-ring (bicyclic) bond motifs is 8. The number of carboxylic acids is 1. The van der Waals surface area contributed by atoms with E-state index in [-0.39, 0.29) is 33.5 Å².